The molecule has 2 aliphatic heterocycles. The van der Waals surface area contributed by atoms with E-state index in [1.807, 2.05) is 11.0 Å². The Balaban J connectivity index is 1.39. The molecule has 24 heavy (non-hydrogen) atoms. The maximum Gasteiger partial charge on any atom is 0.255 e. The Morgan fingerprint density at radius 1 is 1.17 bits per heavy atom. The number of nitrogens with zero attached hydrogens (tertiary/aromatic N) is 2. The minimum Gasteiger partial charge on any atom is -0.381 e. The van der Waals surface area contributed by atoms with E-state index in [1.54, 1.807) is 12.4 Å². The Hall–Kier alpha value is -1.66. The predicted molar refractivity (Wildman–Crippen MR) is 89.9 cm³/mol. The van der Waals surface area contributed by atoms with Crippen LogP contribution in [0.2, 0.25) is 0 Å². The fourth-order valence-electron chi connectivity index (χ4n) is 3.96. The van der Waals surface area contributed by atoms with E-state index in [9.17, 15) is 4.79 Å². The van der Waals surface area contributed by atoms with Gasteiger partial charge in [-0.2, -0.15) is 0 Å². The molecule has 1 aromatic heterocycles. The van der Waals surface area contributed by atoms with Gasteiger partial charge in [-0.25, -0.2) is 0 Å². The molecule has 1 spiro atoms. The van der Waals surface area contributed by atoms with Crippen LogP contribution in [0.25, 0.3) is 0 Å². The molecule has 1 aliphatic carbocycles. The van der Waals surface area contributed by atoms with Crippen molar-refractivity contribution >= 4 is 11.6 Å². The van der Waals surface area contributed by atoms with Crippen molar-refractivity contribution in [3.05, 3.63) is 24.0 Å². The van der Waals surface area contributed by atoms with Gasteiger partial charge in [0, 0.05) is 44.4 Å². The number of hydrogen-bond donors (Lipinski definition) is 1. The third-order valence-electron chi connectivity index (χ3n) is 5.34. The van der Waals surface area contributed by atoms with Gasteiger partial charge in [0.25, 0.3) is 5.91 Å². The van der Waals surface area contributed by atoms with Gasteiger partial charge in [-0.05, 0) is 18.9 Å². The molecular formula is C18H25N3O3. The molecule has 3 heterocycles. The van der Waals surface area contributed by atoms with E-state index in [0.717, 1.165) is 18.5 Å². The van der Waals surface area contributed by atoms with Crippen molar-refractivity contribution in [3.63, 3.8) is 0 Å². The van der Waals surface area contributed by atoms with Gasteiger partial charge in [-0.3, -0.25) is 9.78 Å². The van der Waals surface area contributed by atoms with Gasteiger partial charge in [-0.1, -0.05) is 12.8 Å². The van der Waals surface area contributed by atoms with Crippen LogP contribution in [0.5, 0.6) is 0 Å². The highest BCUT2D eigenvalue weighted by Gasteiger charge is 2.40. The van der Waals surface area contributed by atoms with Crippen molar-refractivity contribution in [1.82, 2.24) is 9.88 Å². The zero-order valence-corrected chi connectivity index (χ0v) is 14.0. The lowest BCUT2D eigenvalue weighted by Gasteiger charge is -2.37. The molecule has 0 aromatic carbocycles. The quantitative estimate of drug-likeness (QED) is 0.921. The number of hydrogen-bond acceptors (Lipinski definition) is 5. The van der Waals surface area contributed by atoms with Crippen molar-refractivity contribution in [2.75, 3.05) is 31.6 Å². The summed E-state index contributed by atoms with van der Waals surface area (Å²) in [7, 11) is 0. The summed E-state index contributed by atoms with van der Waals surface area (Å²) >= 11 is 0. The number of piperidine rings is 1. The molecule has 6 nitrogen and oxygen atoms in total. The number of amides is 1. The average molecular weight is 331 g/mol. The molecule has 0 unspecified atom stereocenters. The third kappa shape index (κ3) is 3.26. The number of likely N-dealkylation sites (tertiary alicyclic amines) is 1. The monoisotopic (exact) mass is 331 g/mol. The summed E-state index contributed by atoms with van der Waals surface area (Å²) in [5, 5.41) is 3.51. The van der Waals surface area contributed by atoms with Gasteiger partial charge in [0.15, 0.2) is 5.79 Å². The first-order valence-corrected chi connectivity index (χ1v) is 9.03. The minimum atomic E-state index is -0.444. The Bertz CT molecular complexity index is 585. The van der Waals surface area contributed by atoms with E-state index in [0.29, 0.717) is 37.9 Å². The zero-order chi connectivity index (χ0) is 16.4. The summed E-state index contributed by atoms with van der Waals surface area (Å²) in [5.41, 5.74) is 1.60. The van der Waals surface area contributed by atoms with Crippen molar-refractivity contribution in [3.8, 4) is 0 Å². The molecule has 0 radical (unpaired) electrons. The molecule has 1 amide bonds. The number of carbonyl (C=O) groups excluding carboxylic acids is 1. The number of carbonyl (C=O) groups is 1. The molecule has 2 saturated heterocycles. The van der Waals surface area contributed by atoms with Crippen LogP contribution in [-0.4, -0.2) is 53.9 Å². The summed E-state index contributed by atoms with van der Waals surface area (Å²) in [5.74, 6) is -0.397. The van der Waals surface area contributed by atoms with Crippen molar-refractivity contribution in [2.45, 2.75) is 50.4 Å². The topological polar surface area (TPSA) is 63.7 Å². The highest BCUT2D eigenvalue weighted by atomic mass is 16.7. The predicted octanol–water partition coefficient (Wildman–Crippen LogP) is 2.42. The van der Waals surface area contributed by atoms with E-state index in [2.05, 4.69) is 10.3 Å². The first-order chi connectivity index (χ1) is 11.7. The van der Waals surface area contributed by atoms with E-state index in [4.69, 9.17) is 9.47 Å². The molecule has 3 aliphatic rings. The smallest absolute Gasteiger partial charge is 0.255 e. The van der Waals surface area contributed by atoms with Crippen molar-refractivity contribution < 1.29 is 14.3 Å². The second kappa shape index (κ2) is 6.69. The van der Waals surface area contributed by atoms with Gasteiger partial charge in [0.1, 0.15) is 0 Å². The van der Waals surface area contributed by atoms with Crippen molar-refractivity contribution in [2.24, 2.45) is 0 Å². The highest BCUT2D eigenvalue weighted by molar-refractivity contribution is 5.94. The standard InChI is InChI=1S/C18H25N3O3/c22-17(21-7-5-18(6-8-21)23-9-10-24-18)14-11-16(13-19-12-14)20-15-3-1-2-4-15/h11-13,15,20H,1-10H2. The van der Waals surface area contributed by atoms with E-state index < -0.39 is 5.79 Å². The second-order valence-electron chi connectivity index (χ2n) is 6.99. The summed E-state index contributed by atoms with van der Waals surface area (Å²) in [4.78, 5) is 18.9. The van der Waals surface area contributed by atoms with Gasteiger partial charge < -0.3 is 19.7 Å². The third-order valence-corrected chi connectivity index (χ3v) is 5.34. The summed E-state index contributed by atoms with van der Waals surface area (Å²) < 4.78 is 11.5. The number of anilines is 1. The maximum absolute atomic E-state index is 12.8. The lowest BCUT2D eigenvalue weighted by atomic mass is 10.0. The van der Waals surface area contributed by atoms with Gasteiger partial charge in [-0.15, -0.1) is 0 Å². The number of ether oxygens (including phenoxy) is 2. The number of pyridine rings is 1. The lowest BCUT2D eigenvalue weighted by molar-refractivity contribution is -0.181. The van der Waals surface area contributed by atoms with Gasteiger partial charge in [0.2, 0.25) is 0 Å². The Kier molecular flexibility index (Phi) is 4.41. The molecule has 1 N–H and O–H groups in total. The van der Waals surface area contributed by atoms with Crippen LogP contribution < -0.4 is 5.32 Å². The molecule has 1 saturated carbocycles. The first kappa shape index (κ1) is 15.8. The molecule has 6 heteroatoms. The number of aromatic nitrogens is 1. The fraction of sp³-hybridized carbons (Fsp3) is 0.667. The zero-order valence-electron chi connectivity index (χ0n) is 14.0. The summed E-state index contributed by atoms with van der Waals surface area (Å²) in [6, 6.07) is 2.45. The lowest BCUT2D eigenvalue weighted by Crippen LogP contribution is -2.47. The van der Waals surface area contributed by atoms with E-state index >= 15 is 0 Å². The maximum atomic E-state index is 12.8. The van der Waals surface area contributed by atoms with Gasteiger partial charge >= 0.3 is 0 Å². The van der Waals surface area contributed by atoms with Crippen LogP contribution in [0.1, 0.15) is 48.9 Å². The molecular weight excluding hydrogens is 306 g/mol. The summed E-state index contributed by atoms with van der Waals surface area (Å²) in [6.45, 7) is 2.65. The molecule has 0 atom stereocenters. The Morgan fingerprint density at radius 3 is 2.58 bits per heavy atom. The Labute approximate surface area is 142 Å². The van der Waals surface area contributed by atoms with Crippen LogP contribution in [0.3, 0.4) is 0 Å². The largest absolute Gasteiger partial charge is 0.381 e. The number of nitrogens with one attached hydrogen (secondary N) is 1. The van der Waals surface area contributed by atoms with Crippen LogP contribution in [0.15, 0.2) is 18.5 Å². The van der Waals surface area contributed by atoms with Crippen LogP contribution in [0, 0.1) is 0 Å². The fourth-order valence-corrected chi connectivity index (χ4v) is 3.96. The minimum absolute atomic E-state index is 0.0467. The Morgan fingerprint density at radius 2 is 1.88 bits per heavy atom. The SMILES string of the molecule is O=C(c1cncc(NC2CCCC2)c1)N1CCC2(CC1)OCCO2. The molecule has 130 valence electrons. The second-order valence-corrected chi connectivity index (χ2v) is 6.99. The highest BCUT2D eigenvalue weighted by Crippen LogP contribution is 2.32. The molecule has 3 fully saturated rings. The van der Waals surface area contributed by atoms with E-state index in [1.165, 1.54) is 25.7 Å². The molecule has 0 bridgehead atoms. The first-order valence-electron chi connectivity index (χ1n) is 9.03. The molecule has 4 rings (SSSR count). The summed E-state index contributed by atoms with van der Waals surface area (Å²) in [6.07, 6.45) is 9.92. The molecule has 1 aromatic rings. The van der Waals surface area contributed by atoms with Crippen LogP contribution >= 0.6 is 0 Å². The average Bonchev–Trinajstić information content (AvgIpc) is 3.28. The number of rotatable bonds is 3. The van der Waals surface area contributed by atoms with Crippen LogP contribution in [-0.2, 0) is 9.47 Å². The van der Waals surface area contributed by atoms with Gasteiger partial charge in [0.05, 0.1) is 24.5 Å². The van der Waals surface area contributed by atoms with E-state index in [-0.39, 0.29) is 5.91 Å². The van der Waals surface area contributed by atoms with Crippen LogP contribution in [0.4, 0.5) is 5.69 Å². The normalized spacial score (nSPS) is 23.8. The van der Waals surface area contributed by atoms with Crippen molar-refractivity contribution in [1.29, 1.82) is 0 Å².